The van der Waals surface area contributed by atoms with Gasteiger partial charge in [-0.05, 0) is 12.8 Å². The number of rotatable bonds is 4. The summed E-state index contributed by atoms with van der Waals surface area (Å²) in [5.41, 5.74) is 5.79. The molecule has 2 unspecified atom stereocenters. The van der Waals surface area contributed by atoms with Crippen LogP contribution in [-0.2, 0) is 10.2 Å². The summed E-state index contributed by atoms with van der Waals surface area (Å²) in [6, 6.07) is -0.854. The standard InChI is InChI=1S/C9H18F3N3O2S/c10-9(11,12)6-14-18(16,17)15-8-5-3-1-2-4-7(8)13/h7-8,14-15H,1-6,13H2. The van der Waals surface area contributed by atoms with E-state index in [0.29, 0.717) is 12.8 Å². The first-order chi connectivity index (χ1) is 8.20. The summed E-state index contributed by atoms with van der Waals surface area (Å²) in [7, 11) is -4.16. The molecule has 0 bridgehead atoms. The number of alkyl halides is 3. The molecule has 1 aliphatic carbocycles. The zero-order valence-corrected chi connectivity index (χ0v) is 10.6. The highest BCUT2D eigenvalue weighted by molar-refractivity contribution is 7.87. The van der Waals surface area contributed by atoms with Crippen molar-refractivity contribution >= 4 is 10.2 Å². The molecule has 0 heterocycles. The van der Waals surface area contributed by atoms with Crippen molar-refractivity contribution in [1.29, 1.82) is 0 Å². The van der Waals surface area contributed by atoms with Crippen LogP contribution in [0.15, 0.2) is 0 Å². The lowest BCUT2D eigenvalue weighted by molar-refractivity contribution is -0.121. The topological polar surface area (TPSA) is 84.2 Å². The van der Waals surface area contributed by atoms with Crippen molar-refractivity contribution in [1.82, 2.24) is 9.44 Å². The van der Waals surface area contributed by atoms with E-state index >= 15 is 0 Å². The molecular formula is C9H18F3N3O2S. The second-order valence-corrected chi connectivity index (χ2v) is 6.00. The van der Waals surface area contributed by atoms with Crippen LogP contribution in [0.3, 0.4) is 0 Å². The van der Waals surface area contributed by atoms with E-state index in [1.165, 1.54) is 4.72 Å². The Kier molecular flexibility index (Phi) is 5.38. The molecule has 2 atom stereocenters. The van der Waals surface area contributed by atoms with Gasteiger partial charge in [-0.2, -0.15) is 31.0 Å². The molecule has 0 saturated heterocycles. The maximum atomic E-state index is 11.9. The SMILES string of the molecule is NC1CCCCCC1NS(=O)(=O)NCC(F)(F)F. The van der Waals surface area contributed by atoms with Crippen molar-refractivity contribution < 1.29 is 21.6 Å². The molecule has 108 valence electrons. The lowest BCUT2D eigenvalue weighted by Crippen LogP contribution is -2.51. The molecule has 0 aliphatic heterocycles. The summed E-state index contributed by atoms with van der Waals surface area (Å²) in [5, 5.41) is 0. The molecule has 0 spiro atoms. The molecule has 1 saturated carbocycles. The first-order valence-corrected chi connectivity index (χ1v) is 7.27. The Bertz CT molecular complexity index is 359. The molecule has 5 nitrogen and oxygen atoms in total. The fourth-order valence-electron chi connectivity index (χ4n) is 1.90. The Morgan fingerprint density at radius 2 is 1.78 bits per heavy atom. The van der Waals surface area contributed by atoms with Crippen LogP contribution < -0.4 is 15.2 Å². The van der Waals surface area contributed by atoms with Gasteiger partial charge in [0.15, 0.2) is 0 Å². The minimum atomic E-state index is -4.57. The van der Waals surface area contributed by atoms with Crippen LogP contribution in [0.1, 0.15) is 32.1 Å². The van der Waals surface area contributed by atoms with Gasteiger partial charge in [0.05, 0.1) is 0 Å². The molecule has 0 radical (unpaired) electrons. The molecule has 1 fully saturated rings. The van der Waals surface area contributed by atoms with Gasteiger partial charge in [0, 0.05) is 12.1 Å². The Labute approximate surface area is 104 Å². The van der Waals surface area contributed by atoms with E-state index < -0.39 is 29.0 Å². The number of hydrogen-bond acceptors (Lipinski definition) is 3. The van der Waals surface area contributed by atoms with Crippen molar-refractivity contribution in [2.75, 3.05) is 6.54 Å². The molecule has 0 aromatic carbocycles. The number of nitrogens with two attached hydrogens (primary N) is 1. The minimum Gasteiger partial charge on any atom is -0.326 e. The lowest BCUT2D eigenvalue weighted by Gasteiger charge is -2.22. The van der Waals surface area contributed by atoms with Gasteiger partial charge in [0.1, 0.15) is 6.54 Å². The number of halogens is 3. The Morgan fingerprint density at radius 3 is 2.39 bits per heavy atom. The van der Waals surface area contributed by atoms with Gasteiger partial charge in [0.25, 0.3) is 10.2 Å². The third-order valence-electron chi connectivity index (χ3n) is 2.84. The second kappa shape index (κ2) is 6.18. The maximum Gasteiger partial charge on any atom is 0.402 e. The van der Waals surface area contributed by atoms with E-state index in [1.807, 2.05) is 0 Å². The first kappa shape index (κ1) is 15.7. The Morgan fingerprint density at radius 1 is 1.17 bits per heavy atom. The van der Waals surface area contributed by atoms with Crippen LogP contribution >= 0.6 is 0 Å². The summed E-state index contributed by atoms with van der Waals surface area (Å²) in [5.74, 6) is 0. The van der Waals surface area contributed by atoms with Crippen LogP contribution in [0.2, 0.25) is 0 Å². The van der Waals surface area contributed by atoms with Crippen LogP contribution in [0.5, 0.6) is 0 Å². The van der Waals surface area contributed by atoms with E-state index in [1.54, 1.807) is 0 Å². The van der Waals surface area contributed by atoms with Crippen LogP contribution in [0, 0.1) is 0 Å². The van der Waals surface area contributed by atoms with Crippen molar-refractivity contribution in [3.63, 3.8) is 0 Å². The van der Waals surface area contributed by atoms with Gasteiger partial charge in [0.2, 0.25) is 0 Å². The number of hydrogen-bond donors (Lipinski definition) is 3. The Balaban J connectivity index is 2.53. The molecule has 0 aromatic rings. The second-order valence-electron chi connectivity index (χ2n) is 4.47. The van der Waals surface area contributed by atoms with Crippen molar-refractivity contribution in [2.24, 2.45) is 5.73 Å². The highest BCUT2D eigenvalue weighted by atomic mass is 32.2. The summed E-state index contributed by atoms with van der Waals surface area (Å²) in [4.78, 5) is 0. The van der Waals surface area contributed by atoms with E-state index in [0.717, 1.165) is 19.3 Å². The quantitative estimate of drug-likeness (QED) is 0.664. The summed E-state index contributed by atoms with van der Waals surface area (Å²) >= 11 is 0. The molecule has 9 heteroatoms. The third kappa shape index (κ3) is 5.98. The molecule has 18 heavy (non-hydrogen) atoms. The average molecular weight is 289 g/mol. The normalized spacial score (nSPS) is 26.9. The summed E-state index contributed by atoms with van der Waals surface area (Å²) in [6.07, 6.45) is -0.654. The van der Waals surface area contributed by atoms with Gasteiger partial charge in [-0.3, -0.25) is 0 Å². The molecule has 4 N–H and O–H groups in total. The monoisotopic (exact) mass is 289 g/mol. The van der Waals surface area contributed by atoms with Crippen LogP contribution in [0.25, 0.3) is 0 Å². The van der Waals surface area contributed by atoms with Crippen LogP contribution in [-0.4, -0.2) is 33.2 Å². The van der Waals surface area contributed by atoms with Gasteiger partial charge in [-0.15, -0.1) is 0 Å². The van der Waals surface area contributed by atoms with Gasteiger partial charge in [-0.25, -0.2) is 0 Å². The molecule has 0 aromatic heterocycles. The average Bonchev–Trinajstić information content (AvgIpc) is 2.41. The highest BCUT2D eigenvalue weighted by Crippen LogP contribution is 2.17. The van der Waals surface area contributed by atoms with Crippen molar-refractivity contribution in [2.45, 2.75) is 50.4 Å². The largest absolute Gasteiger partial charge is 0.402 e. The Hall–Kier alpha value is -0.380. The van der Waals surface area contributed by atoms with E-state index in [-0.39, 0.29) is 6.04 Å². The van der Waals surface area contributed by atoms with E-state index in [2.05, 4.69) is 4.72 Å². The summed E-state index contributed by atoms with van der Waals surface area (Å²) < 4.78 is 62.3. The van der Waals surface area contributed by atoms with Crippen LogP contribution in [0.4, 0.5) is 13.2 Å². The molecule has 1 aliphatic rings. The minimum absolute atomic E-state index is 0.352. The van der Waals surface area contributed by atoms with E-state index in [4.69, 9.17) is 5.73 Å². The highest BCUT2D eigenvalue weighted by Gasteiger charge is 2.31. The summed E-state index contributed by atoms with van der Waals surface area (Å²) in [6.45, 7) is -1.58. The first-order valence-electron chi connectivity index (χ1n) is 5.79. The molecular weight excluding hydrogens is 271 g/mol. The predicted octanol–water partition coefficient (Wildman–Crippen LogP) is 0.633. The predicted molar refractivity (Wildman–Crippen MR) is 61.0 cm³/mol. The molecule has 1 rings (SSSR count). The van der Waals surface area contributed by atoms with Gasteiger partial charge in [-0.1, -0.05) is 19.3 Å². The van der Waals surface area contributed by atoms with Gasteiger partial charge < -0.3 is 5.73 Å². The molecule has 0 amide bonds. The zero-order chi connectivity index (χ0) is 13.8. The van der Waals surface area contributed by atoms with E-state index in [9.17, 15) is 21.6 Å². The van der Waals surface area contributed by atoms with Gasteiger partial charge >= 0.3 is 6.18 Å². The third-order valence-corrected chi connectivity index (χ3v) is 3.98. The zero-order valence-electron chi connectivity index (χ0n) is 9.83. The fourth-order valence-corrected chi connectivity index (χ4v) is 3.03. The van der Waals surface area contributed by atoms with Crippen molar-refractivity contribution in [3.05, 3.63) is 0 Å². The van der Waals surface area contributed by atoms with Crippen molar-refractivity contribution in [3.8, 4) is 0 Å². The maximum absolute atomic E-state index is 11.9. The fraction of sp³-hybridized carbons (Fsp3) is 1.00. The number of nitrogens with one attached hydrogen (secondary N) is 2. The lowest BCUT2D eigenvalue weighted by atomic mass is 10.1. The smallest absolute Gasteiger partial charge is 0.326 e.